The van der Waals surface area contributed by atoms with E-state index >= 15 is 0 Å². The van der Waals surface area contributed by atoms with Crippen molar-refractivity contribution in [3.05, 3.63) is 66.6 Å². The van der Waals surface area contributed by atoms with E-state index in [2.05, 4.69) is 15.2 Å². The number of nitrogens with one attached hydrogen (secondary N) is 1. The Bertz CT molecular complexity index is 640. The van der Waals surface area contributed by atoms with Gasteiger partial charge in [-0.05, 0) is 30.3 Å². The molecule has 0 spiro atoms. The fourth-order valence-corrected chi connectivity index (χ4v) is 1.78. The maximum Gasteiger partial charge on any atom is 0.130 e. The molecule has 0 bridgehead atoms. The molecule has 20 heavy (non-hydrogen) atoms. The van der Waals surface area contributed by atoms with E-state index in [-0.39, 0.29) is 12.4 Å². The van der Waals surface area contributed by atoms with Crippen molar-refractivity contribution in [2.75, 3.05) is 0 Å². The second-order valence-electron chi connectivity index (χ2n) is 4.12. The Kier molecular flexibility index (Phi) is 4.74. The highest BCUT2D eigenvalue weighted by Crippen LogP contribution is 2.17. The first-order valence-corrected chi connectivity index (χ1v) is 6.04. The molecule has 1 aromatic carbocycles. The first-order valence-electron chi connectivity index (χ1n) is 6.04. The molecule has 102 valence electrons. The minimum Gasteiger partial charge on any atom is -0.487 e. The van der Waals surface area contributed by atoms with Crippen molar-refractivity contribution in [3.8, 4) is 17.0 Å². The molecule has 3 rings (SSSR count). The lowest BCUT2D eigenvalue weighted by Gasteiger charge is -2.02. The molecular formula is C15H14ClN3O. The minimum absolute atomic E-state index is 0. The van der Waals surface area contributed by atoms with Gasteiger partial charge in [0.2, 0.25) is 0 Å². The monoisotopic (exact) mass is 287 g/mol. The van der Waals surface area contributed by atoms with Gasteiger partial charge in [-0.3, -0.25) is 10.1 Å². The molecule has 0 amide bonds. The van der Waals surface area contributed by atoms with E-state index in [1.807, 2.05) is 48.5 Å². The Hall–Kier alpha value is -2.33. The van der Waals surface area contributed by atoms with Crippen LogP contribution in [0.25, 0.3) is 11.3 Å². The van der Waals surface area contributed by atoms with Crippen molar-refractivity contribution >= 4 is 12.4 Å². The maximum absolute atomic E-state index is 5.65. The van der Waals surface area contributed by atoms with Gasteiger partial charge in [0.05, 0.1) is 11.4 Å². The van der Waals surface area contributed by atoms with E-state index in [1.165, 1.54) is 0 Å². The predicted molar refractivity (Wildman–Crippen MR) is 79.8 cm³/mol. The van der Waals surface area contributed by atoms with E-state index in [0.29, 0.717) is 6.61 Å². The van der Waals surface area contributed by atoms with E-state index in [1.54, 1.807) is 12.4 Å². The van der Waals surface area contributed by atoms with Gasteiger partial charge in [-0.1, -0.05) is 18.2 Å². The number of hydrogen-bond acceptors (Lipinski definition) is 3. The van der Waals surface area contributed by atoms with Crippen molar-refractivity contribution < 1.29 is 4.74 Å². The average Bonchev–Trinajstić information content (AvgIpc) is 2.96. The first kappa shape index (κ1) is 14.1. The SMILES string of the molecule is Cl.c1ccc(OCc2cc(-c3cccnc3)n[nH]2)cc1. The molecule has 2 heterocycles. The topological polar surface area (TPSA) is 50.8 Å². The Morgan fingerprint density at radius 3 is 2.65 bits per heavy atom. The Labute approximate surface area is 123 Å². The number of para-hydroxylation sites is 1. The number of ether oxygens (including phenoxy) is 1. The van der Waals surface area contributed by atoms with Gasteiger partial charge < -0.3 is 4.74 Å². The van der Waals surface area contributed by atoms with Crippen molar-refractivity contribution in [2.45, 2.75) is 6.61 Å². The molecule has 0 fully saturated rings. The molecule has 2 aromatic heterocycles. The van der Waals surface area contributed by atoms with Gasteiger partial charge in [-0.15, -0.1) is 12.4 Å². The molecular weight excluding hydrogens is 274 g/mol. The molecule has 0 aliphatic rings. The molecule has 0 atom stereocenters. The molecule has 3 aromatic rings. The third-order valence-corrected chi connectivity index (χ3v) is 2.73. The smallest absolute Gasteiger partial charge is 0.130 e. The van der Waals surface area contributed by atoms with Crippen molar-refractivity contribution in [1.82, 2.24) is 15.2 Å². The minimum atomic E-state index is 0. The van der Waals surface area contributed by atoms with Gasteiger partial charge in [0.15, 0.2) is 0 Å². The lowest BCUT2D eigenvalue weighted by atomic mass is 10.2. The highest BCUT2D eigenvalue weighted by molar-refractivity contribution is 5.85. The van der Waals surface area contributed by atoms with Crippen LogP contribution < -0.4 is 4.74 Å². The average molecular weight is 288 g/mol. The molecule has 0 saturated carbocycles. The molecule has 0 saturated heterocycles. The van der Waals surface area contributed by atoms with Gasteiger partial charge in [0.25, 0.3) is 0 Å². The maximum atomic E-state index is 5.65. The number of aromatic nitrogens is 3. The second kappa shape index (κ2) is 6.73. The molecule has 0 aliphatic heterocycles. The number of rotatable bonds is 4. The van der Waals surface area contributed by atoms with Gasteiger partial charge in [-0.2, -0.15) is 5.10 Å². The van der Waals surface area contributed by atoms with E-state index < -0.39 is 0 Å². The first-order chi connectivity index (χ1) is 9.42. The molecule has 1 N–H and O–H groups in total. The number of hydrogen-bond donors (Lipinski definition) is 1. The fourth-order valence-electron chi connectivity index (χ4n) is 1.78. The van der Waals surface area contributed by atoms with Gasteiger partial charge in [-0.25, -0.2) is 0 Å². The summed E-state index contributed by atoms with van der Waals surface area (Å²) in [5.41, 5.74) is 2.80. The van der Waals surface area contributed by atoms with E-state index in [4.69, 9.17) is 4.74 Å². The molecule has 0 aliphatic carbocycles. The Balaban J connectivity index is 0.00000147. The van der Waals surface area contributed by atoms with Crippen molar-refractivity contribution in [2.24, 2.45) is 0 Å². The van der Waals surface area contributed by atoms with Gasteiger partial charge in [0.1, 0.15) is 12.4 Å². The van der Waals surface area contributed by atoms with Crippen LogP contribution in [0, 0.1) is 0 Å². The Morgan fingerprint density at radius 2 is 1.90 bits per heavy atom. The van der Waals surface area contributed by atoms with Crippen molar-refractivity contribution in [1.29, 1.82) is 0 Å². The molecule has 0 unspecified atom stereocenters. The number of H-pyrrole nitrogens is 1. The third kappa shape index (κ3) is 3.36. The zero-order valence-corrected chi connectivity index (χ0v) is 11.5. The van der Waals surface area contributed by atoms with Gasteiger partial charge >= 0.3 is 0 Å². The predicted octanol–water partition coefficient (Wildman–Crippen LogP) is 3.47. The van der Waals surface area contributed by atoms with Crippen LogP contribution in [0.2, 0.25) is 0 Å². The van der Waals surface area contributed by atoms with Crippen LogP contribution in [0.15, 0.2) is 60.9 Å². The molecule has 4 nitrogen and oxygen atoms in total. The molecule has 5 heteroatoms. The number of nitrogens with zero attached hydrogens (tertiary/aromatic N) is 2. The largest absolute Gasteiger partial charge is 0.487 e. The number of aromatic amines is 1. The van der Waals surface area contributed by atoms with Crippen LogP contribution in [0.3, 0.4) is 0 Å². The number of benzene rings is 1. The summed E-state index contributed by atoms with van der Waals surface area (Å²) in [5, 5.41) is 7.23. The van der Waals surface area contributed by atoms with Gasteiger partial charge in [0, 0.05) is 18.0 Å². The van der Waals surface area contributed by atoms with Crippen LogP contribution >= 0.6 is 12.4 Å². The number of pyridine rings is 1. The highest BCUT2D eigenvalue weighted by atomic mass is 35.5. The zero-order valence-electron chi connectivity index (χ0n) is 10.7. The van der Waals surface area contributed by atoms with Crippen LogP contribution in [-0.4, -0.2) is 15.2 Å². The summed E-state index contributed by atoms with van der Waals surface area (Å²) in [5.74, 6) is 0.847. The van der Waals surface area contributed by atoms with E-state index in [0.717, 1.165) is 22.7 Å². The molecule has 0 radical (unpaired) electrons. The summed E-state index contributed by atoms with van der Waals surface area (Å²) in [6.07, 6.45) is 3.54. The second-order valence-corrected chi connectivity index (χ2v) is 4.12. The summed E-state index contributed by atoms with van der Waals surface area (Å²) in [7, 11) is 0. The zero-order chi connectivity index (χ0) is 12.9. The standard InChI is InChI=1S/C15H13N3O.ClH/c1-2-6-14(7-3-1)19-11-13-9-15(18-17-13)12-5-4-8-16-10-12;/h1-10H,11H2,(H,17,18);1H. The Morgan fingerprint density at radius 1 is 1.05 bits per heavy atom. The van der Waals surface area contributed by atoms with Crippen LogP contribution in [0.1, 0.15) is 5.69 Å². The summed E-state index contributed by atoms with van der Waals surface area (Å²) in [4.78, 5) is 4.08. The summed E-state index contributed by atoms with van der Waals surface area (Å²) in [6.45, 7) is 0.470. The highest BCUT2D eigenvalue weighted by Gasteiger charge is 2.04. The lowest BCUT2D eigenvalue weighted by molar-refractivity contribution is 0.301. The van der Waals surface area contributed by atoms with E-state index in [9.17, 15) is 0 Å². The van der Waals surface area contributed by atoms with Crippen LogP contribution in [-0.2, 0) is 6.61 Å². The summed E-state index contributed by atoms with van der Waals surface area (Å²) < 4.78 is 5.65. The van der Waals surface area contributed by atoms with Crippen LogP contribution in [0.5, 0.6) is 5.75 Å². The summed E-state index contributed by atoms with van der Waals surface area (Å²) >= 11 is 0. The quantitative estimate of drug-likeness (QED) is 0.799. The third-order valence-electron chi connectivity index (χ3n) is 2.73. The fraction of sp³-hybridized carbons (Fsp3) is 0.0667. The van der Waals surface area contributed by atoms with Crippen molar-refractivity contribution in [3.63, 3.8) is 0 Å². The lowest BCUT2D eigenvalue weighted by Crippen LogP contribution is -1.95. The van der Waals surface area contributed by atoms with Crippen LogP contribution in [0.4, 0.5) is 0 Å². The summed E-state index contributed by atoms with van der Waals surface area (Å²) in [6, 6.07) is 15.6. The number of halogens is 1. The normalized spacial score (nSPS) is 9.80.